The summed E-state index contributed by atoms with van der Waals surface area (Å²) in [4.78, 5) is 21.0. The Hall–Kier alpha value is -1.07. The number of nitrogens with one attached hydrogen (secondary N) is 1. The summed E-state index contributed by atoms with van der Waals surface area (Å²) in [6.07, 6.45) is 0. The van der Waals surface area contributed by atoms with Crippen molar-refractivity contribution in [3.63, 3.8) is 0 Å². The van der Waals surface area contributed by atoms with Crippen molar-refractivity contribution >= 4 is 45.1 Å². The Morgan fingerprint density at radius 2 is 2.07 bits per heavy atom. The molecule has 14 heavy (non-hydrogen) atoms. The Balaban J connectivity index is 2.91. The molecular weight excluding hydrogens is 273 g/mol. The zero-order valence-corrected chi connectivity index (χ0v) is 9.09. The Morgan fingerprint density at radius 3 is 2.64 bits per heavy atom. The maximum atomic E-state index is 10.8. The first-order valence-electron chi connectivity index (χ1n) is 3.50. The van der Waals surface area contributed by atoms with Gasteiger partial charge in [0.25, 0.3) is 0 Å². The van der Waals surface area contributed by atoms with Gasteiger partial charge in [-0.25, -0.2) is 4.79 Å². The molecule has 0 aliphatic rings. The molecular formula is C8H5BrClNO3. The minimum Gasteiger partial charge on any atom is -0.474 e. The van der Waals surface area contributed by atoms with Crippen molar-refractivity contribution in [1.29, 1.82) is 0 Å². The smallest absolute Gasteiger partial charge is 0.394 e. The second-order valence-electron chi connectivity index (χ2n) is 2.38. The van der Waals surface area contributed by atoms with Gasteiger partial charge in [-0.15, -0.1) is 0 Å². The van der Waals surface area contributed by atoms with E-state index in [1.165, 1.54) is 6.07 Å². The van der Waals surface area contributed by atoms with E-state index in [1.807, 2.05) is 0 Å². The van der Waals surface area contributed by atoms with Crippen LogP contribution in [0, 0.1) is 0 Å². The van der Waals surface area contributed by atoms with Crippen LogP contribution in [0.2, 0.25) is 5.02 Å². The number of rotatable bonds is 1. The number of aliphatic carboxylic acids is 1. The molecule has 0 aromatic heterocycles. The fraction of sp³-hybridized carbons (Fsp3) is 0. The van der Waals surface area contributed by atoms with Gasteiger partial charge < -0.3 is 10.4 Å². The molecule has 0 heterocycles. The molecule has 74 valence electrons. The molecule has 0 saturated heterocycles. The molecule has 0 unspecified atom stereocenters. The maximum Gasteiger partial charge on any atom is 0.394 e. The Morgan fingerprint density at radius 1 is 1.43 bits per heavy atom. The van der Waals surface area contributed by atoms with Gasteiger partial charge in [0.2, 0.25) is 0 Å². The van der Waals surface area contributed by atoms with Crippen molar-refractivity contribution in [2.75, 3.05) is 5.32 Å². The number of carboxylic acids is 1. The lowest BCUT2D eigenvalue weighted by Crippen LogP contribution is -2.21. The zero-order valence-electron chi connectivity index (χ0n) is 6.75. The zero-order chi connectivity index (χ0) is 10.7. The van der Waals surface area contributed by atoms with Crippen LogP contribution in [0.1, 0.15) is 0 Å². The van der Waals surface area contributed by atoms with Gasteiger partial charge >= 0.3 is 11.9 Å². The molecule has 0 fully saturated rings. The van der Waals surface area contributed by atoms with Gasteiger partial charge in [-0.3, -0.25) is 4.79 Å². The molecule has 0 spiro atoms. The fourth-order valence-electron chi connectivity index (χ4n) is 0.769. The summed E-state index contributed by atoms with van der Waals surface area (Å²) in [5.74, 6) is -2.67. The fourth-order valence-corrected chi connectivity index (χ4v) is 1.29. The number of carboxylic acid groups (broad SMARTS) is 1. The first-order chi connectivity index (χ1) is 6.50. The number of hydrogen-bond acceptors (Lipinski definition) is 2. The highest BCUT2D eigenvalue weighted by molar-refractivity contribution is 9.10. The third-order valence-electron chi connectivity index (χ3n) is 1.37. The normalized spacial score (nSPS) is 9.57. The van der Waals surface area contributed by atoms with Gasteiger partial charge in [0.15, 0.2) is 0 Å². The average molecular weight is 278 g/mol. The second kappa shape index (κ2) is 4.43. The van der Waals surface area contributed by atoms with E-state index in [9.17, 15) is 9.59 Å². The Bertz CT molecular complexity index is 394. The number of amides is 1. The molecule has 0 bridgehead atoms. The number of anilines is 1. The van der Waals surface area contributed by atoms with E-state index in [1.54, 1.807) is 12.1 Å². The van der Waals surface area contributed by atoms with Crippen molar-refractivity contribution in [3.05, 3.63) is 27.7 Å². The van der Waals surface area contributed by atoms with E-state index in [2.05, 4.69) is 21.2 Å². The number of halogens is 2. The van der Waals surface area contributed by atoms with Gasteiger partial charge in [-0.05, 0) is 18.2 Å². The number of carbonyl (C=O) groups excluding carboxylic acids is 1. The van der Waals surface area contributed by atoms with Crippen LogP contribution in [-0.4, -0.2) is 17.0 Å². The number of hydrogen-bond donors (Lipinski definition) is 2. The second-order valence-corrected chi connectivity index (χ2v) is 3.71. The summed E-state index contributed by atoms with van der Waals surface area (Å²) < 4.78 is 0.697. The first-order valence-corrected chi connectivity index (χ1v) is 4.67. The van der Waals surface area contributed by atoms with Crippen molar-refractivity contribution in [2.24, 2.45) is 0 Å². The van der Waals surface area contributed by atoms with Crippen LogP contribution in [0.4, 0.5) is 5.69 Å². The van der Waals surface area contributed by atoms with E-state index < -0.39 is 11.9 Å². The third kappa shape index (κ3) is 2.71. The standard InChI is InChI=1S/C8H5BrClNO3/c9-4-1-2-5(10)6(3-4)11-7(12)8(13)14/h1-3H,(H,11,12)(H,13,14). The first kappa shape index (κ1) is 11.0. The van der Waals surface area contributed by atoms with Crippen molar-refractivity contribution in [2.45, 2.75) is 0 Å². The van der Waals surface area contributed by atoms with Gasteiger partial charge in [0, 0.05) is 4.47 Å². The molecule has 1 aromatic carbocycles. The molecule has 0 radical (unpaired) electrons. The molecule has 0 atom stereocenters. The molecule has 4 nitrogen and oxygen atoms in total. The summed E-state index contributed by atoms with van der Waals surface area (Å²) in [6, 6.07) is 4.74. The summed E-state index contributed by atoms with van der Waals surface area (Å²) in [5, 5.41) is 10.8. The predicted octanol–water partition coefficient (Wildman–Crippen LogP) is 2.13. The van der Waals surface area contributed by atoms with Crippen LogP contribution in [0.25, 0.3) is 0 Å². The topological polar surface area (TPSA) is 66.4 Å². The summed E-state index contributed by atoms with van der Waals surface area (Å²) >= 11 is 8.88. The van der Waals surface area contributed by atoms with Crippen molar-refractivity contribution in [1.82, 2.24) is 0 Å². The van der Waals surface area contributed by atoms with Crippen LogP contribution < -0.4 is 5.32 Å². The van der Waals surface area contributed by atoms with E-state index >= 15 is 0 Å². The molecule has 6 heteroatoms. The SMILES string of the molecule is O=C(O)C(=O)Nc1cc(Br)ccc1Cl. The predicted molar refractivity (Wildman–Crippen MR) is 55.4 cm³/mol. The average Bonchev–Trinajstić information content (AvgIpc) is 2.11. The maximum absolute atomic E-state index is 10.8. The van der Waals surface area contributed by atoms with Crippen LogP contribution >= 0.6 is 27.5 Å². The van der Waals surface area contributed by atoms with Gasteiger partial charge in [0.05, 0.1) is 10.7 Å². The minimum absolute atomic E-state index is 0.258. The largest absolute Gasteiger partial charge is 0.474 e. The summed E-state index contributed by atoms with van der Waals surface area (Å²) in [5.41, 5.74) is 0.258. The molecule has 0 saturated carbocycles. The minimum atomic E-state index is -1.55. The molecule has 0 aliphatic carbocycles. The lowest BCUT2D eigenvalue weighted by atomic mass is 10.3. The number of benzene rings is 1. The lowest BCUT2D eigenvalue weighted by molar-refractivity contribution is -0.147. The monoisotopic (exact) mass is 277 g/mol. The van der Waals surface area contributed by atoms with E-state index in [0.29, 0.717) is 4.47 Å². The Kier molecular flexibility index (Phi) is 3.49. The van der Waals surface area contributed by atoms with Crippen LogP contribution in [-0.2, 0) is 9.59 Å². The molecule has 1 rings (SSSR count). The van der Waals surface area contributed by atoms with Gasteiger partial charge in [0.1, 0.15) is 0 Å². The highest BCUT2D eigenvalue weighted by Crippen LogP contribution is 2.25. The summed E-state index contributed by atoms with van der Waals surface area (Å²) in [6.45, 7) is 0. The highest BCUT2D eigenvalue weighted by atomic mass is 79.9. The van der Waals surface area contributed by atoms with Gasteiger partial charge in [-0.1, -0.05) is 27.5 Å². The van der Waals surface area contributed by atoms with E-state index in [0.717, 1.165) is 0 Å². The third-order valence-corrected chi connectivity index (χ3v) is 2.19. The molecule has 1 aromatic rings. The molecule has 1 amide bonds. The van der Waals surface area contributed by atoms with Crippen molar-refractivity contribution < 1.29 is 14.7 Å². The van der Waals surface area contributed by atoms with Crippen molar-refractivity contribution in [3.8, 4) is 0 Å². The summed E-state index contributed by atoms with van der Waals surface area (Å²) in [7, 11) is 0. The lowest BCUT2D eigenvalue weighted by Gasteiger charge is -2.04. The van der Waals surface area contributed by atoms with Crippen LogP contribution in [0.15, 0.2) is 22.7 Å². The quantitative estimate of drug-likeness (QED) is 0.773. The number of carbonyl (C=O) groups is 2. The molecule has 2 N–H and O–H groups in total. The van der Waals surface area contributed by atoms with E-state index in [-0.39, 0.29) is 10.7 Å². The van der Waals surface area contributed by atoms with Crippen LogP contribution in [0.5, 0.6) is 0 Å². The van der Waals surface area contributed by atoms with E-state index in [4.69, 9.17) is 16.7 Å². The Labute approximate surface area is 93.0 Å². The van der Waals surface area contributed by atoms with Crippen LogP contribution in [0.3, 0.4) is 0 Å². The highest BCUT2D eigenvalue weighted by Gasteiger charge is 2.12. The van der Waals surface area contributed by atoms with Gasteiger partial charge in [-0.2, -0.15) is 0 Å². The molecule has 0 aliphatic heterocycles.